The summed E-state index contributed by atoms with van der Waals surface area (Å²) in [4.78, 5) is 30.3. The van der Waals surface area contributed by atoms with Gasteiger partial charge in [0.1, 0.15) is 23.7 Å². The lowest BCUT2D eigenvalue weighted by atomic mass is 10.0. The number of benzene rings is 1. The Morgan fingerprint density at radius 3 is 2.50 bits per heavy atom. The van der Waals surface area contributed by atoms with Crippen LogP contribution in [0, 0.1) is 0 Å². The fourth-order valence-electron chi connectivity index (χ4n) is 3.07. The third kappa shape index (κ3) is 5.93. The number of carbonyl (C=O) groups excluding carboxylic acids is 1. The smallest absolute Gasteiger partial charge is 0.332 e. The molecule has 7 nitrogen and oxygen atoms in total. The summed E-state index contributed by atoms with van der Waals surface area (Å²) in [6, 6.07) is 11.7. The summed E-state index contributed by atoms with van der Waals surface area (Å²) in [5.74, 6) is 0.788. The largest absolute Gasteiger partial charge is 0.416 e. The number of ketones is 1. The van der Waals surface area contributed by atoms with Crippen molar-refractivity contribution in [1.82, 2.24) is 19.9 Å². The van der Waals surface area contributed by atoms with Gasteiger partial charge in [-0.15, -0.1) is 11.3 Å². The van der Waals surface area contributed by atoms with Gasteiger partial charge >= 0.3 is 6.18 Å². The van der Waals surface area contributed by atoms with Crippen molar-refractivity contribution < 1.29 is 18.0 Å². The van der Waals surface area contributed by atoms with Crippen molar-refractivity contribution in [2.45, 2.75) is 25.4 Å². The number of alkyl halides is 3. The SMILES string of the molecule is CC(CC(=O)c1cc(Nc2ccccn2)ncn1)c1cnc(Nc2ccc(C(F)(F)F)cc2)s1. The van der Waals surface area contributed by atoms with E-state index in [0.717, 1.165) is 17.0 Å². The third-order valence-electron chi connectivity index (χ3n) is 4.84. The number of aromatic nitrogens is 4. The van der Waals surface area contributed by atoms with Crippen molar-refractivity contribution in [3.63, 3.8) is 0 Å². The Balaban J connectivity index is 1.37. The van der Waals surface area contributed by atoms with Crippen LogP contribution < -0.4 is 10.6 Å². The van der Waals surface area contributed by atoms with E-state index >= 15 is 0 Å². The predicted octanol–water partition coefficient (Wildman–Crippen LogP) is 6.21. The van der Waals surface area contributed by atoms with Crippen molar-refractivity contribution in [1.29, 1.82) is 0 Å². The van der Waals surface area contributed by atoms with E-state index in [4.69, 9.17) is 0 Å². The second-order valence-corrected chi connectivity index (χ2v) is 8.49. The number of thiazole rings is 1. The van der Waals surface area contributed by atoms with Crippen molar-refractivity contribution in [2.24, 2.45) is 0 Å². The maximum Gasteiger partial charge on any atom is 0.416 e. The second-order valence-electron chi connectivity index (χ2n) is 7.42. The first-order valence-electron chi connectivity index (χ1n) is 10.2. The van der Waals surface area contributed by atoms with Crippen LogP contribution in [0.15, 0.2) is 67.3 Å². The zero-order valence-corrected chi connectivity index (χ0v) is 18.7. The fourth-order valence-corrected chi connectivity index (χ4v) is 3.96. The highest BCUT2D eigenvalue weighted by molar-refractivity contribution is 7.15. The summed E-state index contributed by atoms with van der Waals surface area (Å²) < 4.78 is 38.1. The summed E-state index contributed by atoms with van der Waals surface area (Å²) in [6.07, 6.45) is 0.452. The topological polar surface area (TPSA) is 92.7 Å². The molecule has 2 N–H and O–H groups in total. The van der Waals surface area contributed by atoms with Crippen molar-refractivity contribution in [3.05, 3.63) is 83.4 Å². The van der Waals surface area contributed by atoms with Crippen molar-refractivity contribution in [2.75, 3.05) is 10.6 Å². The molecule has 1 aromatic carbocycles. The Morgan fingerprint density at radius 1 is 1.00 bits per heavy atom. The van der Waals surface area contributed by atoms with Gasteiger partial charge in [-0.1, -0.05) is 13.0 Å². The third-order valence-corrected chi connectivity index (χ3v) is 5.98. The molecule has 34 heavy (non-hydrogen) atoms. The number of nitrogens with zero attached hydrogens (tertiary/aromatic N) is 4. The number of hydrogen-bond donors (Lipinski definition) is 2. The molecule has 0 aliphatic rings. The molecule has 3 heterocycles. The van der Waals surface area contributed by atoms with Gasteiger partial charge < -0.3 is 10.6 Å². The molecule has 0 aliphatic heterocycles. The molecule has 3 aromatic heterocycles. The van der Waals surface area contributed by atoms with E-state index in [2.05, 4.69) is 30.6 Å². The molecular formula is C23H19F3N6OS. The Kier molecular flexibility index (Phi) is 6.82. The van der Waals surface area contributed by atoms with Gasteiger partial charge in [-0.3, -0.25) is 4.79 Å². The number of rotatable bonds is 8. The zero-order chi connectivity index (χ0) is 24.1. The number of nitrogens with one attached hydrogen (secondary N) is 2. The van der Waals surface area contributed by atoms with Gasteiger partial charge in [-0.05, 0) is 42.3 Å². The van der Waals surface area contributed by atoms with Gasteiger partial charge in [0.2, 0.25) is 0 Å². The number of Topliss-reactive ketones (excluding diaryl/α,β-unsaturated/α-hetero) is 1. The first-order valence-corrected chi connectivity index (χ1v) is 11.0. The monoisotopic (exact) mass is 484 g/mol. The average molecular weight is 485 g/mol. The molecule has 11 heteroatoms. The molecule has 0 saturated carbocycles. The van der Waals surface area contributed by atoms with Crippen molar-refractivity contribution in [3.8, 4) is 0 Å². The van der Waals surface area contributed by atoms with Crippen LogP contribution in [0.3, 0.4) is 0 Å². The first-order chi connectivity index (χ1) is 16.3. The van der Waals surface area contributed by atoms with Gasteiger partial charge in [0.15, 0.2) is 10.9 Å². The lowest BCUT2D eigenvalue weighted by Gasteiger charge is -2.09. The highest BCUT2D eigenvalue weighted by Crippen LogP contribution is 2.33. The maximum atomic E-state index is 12.8. The van der Waals surface area contributed by atoms with E-state index in [0.29, 0.717) is 22.5 Å². The molecule has 0 saturated heterocycles. The van der Waals surface area contributed by atoms with Crippen LogP contribution in [-0.2, 0) is 6.18 Å². The fraction of sp³-hybridized carbons (Fsp3) is 0.174. The molecule has 0 spiro atoms. The van der Waals surface area contributed by atoms with E-state index in [1.165, 1.54) is 29.8 Å². The van der Waals surface area contributed by atoms with E-state index in [1.807, 2.05) is 13.0 Å². The summed E-state index contributed by atoms with van der Waals surface area (Å²) in [5.41, 5.74) is 0.0626. The van der Waals surface area contributed by atoms with Crippen LogP contribution in [0.4, 0.5) is 35.6 Å². The van der Waals surface area contributed by atoms with Gasteiger partial charge in [0.05, 0.1) is 5.56 Å². The highest BCUT2D eigenvalue weighted by atomic mass is 32.1. The molecule has 1 unspecified atom stereocenters. The van der Waals surface area contributed by atoms with Crippen LogP contribution in [0.5, 0.6) is 0 Å². The molecule has 0 aliphatic carbocycles. The quantitative estimate of drug-likeness (QED) is 0.287. The maximum absolute atomic E-state index is 12.8. The summed E-state index contributed by atoms with van der Waals surface area (Å²) in [6.45, 7) is 1.90. The minimum absolute atomic E-state index is 0.129. The van der Waals surface area contributed by atoms with Crippen LogP contribution in [0.25, 0.3) is 0 Å². The highest BCUT2D eigenvalue weighted by Gasteiger charge is 2.30. The molecule has 4 aromatic rings. The summed E-state index contributed by atoms with van der Waals surface area (Å²) in [5, 5.41) is 6.55. The molecular weight excluding hydrogens is 465 g/mol. The Morgan fingerprint density at radius 2 is 1.79 bits per heavy atom. The van der Waals surface area contributed by atoms with E-state index in [1.54, 1.807) is 30.6 Å². The van der Waals surface area contributed by atoms with Crippen LogP contribution >= 0.6 is 11.3 Å². The predicted molar refractivity (Wildman–Crippen MR) is 124 cm³/mol. The minimum Gasteiger partial charge on any atom is -0.332 e. The summed E-state index contributed by atoms with van der Waals surface area (Å²) >= 11 is 1.34. The number of anilines is 4. The Bertz CT molecular complexity index is 1260. The van der Waals surface area contributed by atoms with Crippen LogP contribution in [0.1, 0.15) is 40.2 Å². The van der Waals surface area contributed by atoms with Gasteiger partial charge in [0, 0.05) is 35.4 Å². The zero-order valence-electron chi connectivity index (χ0n) is 17.9. The average Bonchev–Trinajstić information content (AvgIpc) is 3.28. The normalized spacial score (nSPS) is 12.2. The number of carbonyl (C=O) groups is 1. The molecule has 0 radical (unpaired) electrons. The molecule has 0 amide bonds. The number of pyridine rings is 1. The van der Waals surface area contributed by atoms with E-state index in [9.17, 15) is 18.0 Å². The first kappa shape index (κ1) is 23.3. The second kappa shape index (κ2) is 9.96. The van der Waals surface area contributed by atoms with Crippen LogP contribution in [0.2, 0.25) is 0 Å². The van der Waals surface area contributed by atoms with E-state index < -0.39 is 11.7 Å². The van der Waals surface area contributed by atoms with Crippen LogP contribution in [-0.4, -0.2) is 25.7 Å². The van der Waals surface area contributed by atoms with Crippen molar-refractivity contribution >= 4 is 39.6 Å². The molecule has 4 rings (SSSR count). The van der Waals surface area contributed by atoms with Gasteiger partial charge in [-0.2, -0.15) is 13.2 Å². The summed E-state index contributed by atoms with van der Waals surface area (Å²) in [7, 11) is 0. The number of halogens is 3. The minimum atomic E-state index is -4.38. The lowest BCUT2D eigenvalue weighted by molar-refractivity contribution is -0.137. The Labute approximate surface area is 197 Å². The standard InChI is InChI=1S/C23H19F3N6OS/c1-14(10-18(33)17-11-21(30-13-29-17)32-20-4-2-3-9-27-20)19-12-28-22(34-19)31-16-7-5-15(6-8-16)23(24,25)26/h2-9,11-14H,10H2,1H3,(H,28,31)(H,27,29,30,32). The van der Waals surface area contributed by atoms with Gasteiger partial charge in [0.25, 0.3) is 0 Å². The lowest BCUT2D eigenvalue weighted by Crippen LogP contribution is -2.08. The Hall–Kier alpha value is -3.86. The molecule has 174 valence electrons. The molecule has 0 bridgehead atoms. The number of hydrogen-bond acceptors (Lipinski definition) is 8. The molecule has 0 fully saturated rings. The van der Waals surface area contributed by atoms with Gasteiger partial charge in [-0.25, -0.2) is 19.9 Å². The molecule has 1 atom stereocenters. The van der Waals surface area contributed by atoms with E-state index in [-0.39, 0.29) is 23.8 Å².